The summed E-state index contributed by atoms with van der Waals surface area (Å²) in [4.78, 5) is 32.5. The van der Waals surface area contributed by atoms with Crippen LogP contribution >= 0.6 is 23.2 Å². The van der Waals surface area contributed by atoms with E-state index in [2.05, 4.69) is 36.1 Å². The molecule has 0 aliphatic heterocycles. The second-order valence-electron chi connectivity index (χ2n) is 8.12. The molecule has 39 heavy (non-hydrogen) atoms. The fourth-order valence-electron chi connectivity index (χ4n) is 3.47. The molecule has 0 bridgehead atoms. The van der Waals surface area contributed by atoms with Gasteiger partial charge in [-0.05, 0) is 19.9 Å². The van der Waals surface area contributed by atoms with E-state index in [4.69, 9.17) is 27.9 Å². The molecule has 3 amide bonds. The van der Waals surface area contributed by atoms with Crippen LogP contribution in [0.3, 0.4) is 0 Å². The van der Waals surface area contributed by atoms with E-state index in [1.807, 2.05) is 0 Å². The summed E-state index contributed by atoms with van der Waals surface area (Å²) < 4.78 is 49.3. The highest BCUT2D eigenvalue weighted by Gasteiger charge is 2.36. The number of hydrogen-bond acceptors (Lipinski definition) is 7. The van der Waals surface area contributed by atoms with E-state index in [9.17, 15) is 22.8 Å². The van der Waals surface area contributed by atoms with E-state index in [0.29, 0.717) is 17.4 Å². The molecule has 12 nitrogen and oxygen atoms in total. The number of aromatic nitrogens is 6. The summed E-state index contributed by atoms with van der Waals surface area (Å²) in [5.41, 5.74) is -0.328. The summed E-state index contributed by atoms with van der Waals surface area (Å²) in [6.45, 7) is 3.14. The van der Waals surface area contributed by atoms with Gasteiger partial charge in [0.25, 0.3) is 0 Å². The summed E-state index contributed by atoms with van der Waals surface area (Å²) in [7, 11) is 1.45. The van der Waals surface area contributed by atoms with Crippen LogP contribution in [-0.4, -0.2) is 53.8 Å². The lowest BCUT2D eigenvalue weighted by molar-refractivity contribution is -0.137. The van der Waals surface area contributed by atoms with Gasteiger partial charge >= 0.3 is 12.2 Å². The van der Waals surface area contributed by atoms with Crippen molar-refractivity contribution in [2.75, 3.05) is 23.1 Å². The summed E-state index contributed by atoms with van der Waals surface area (Å²) in [6.07, 6.45) is -0.744. The van der Waals surface area contributed by atoms with Crippen LogP contribution in [0.25, 0.3) is 11.5 Å². The summed E-state index contributed by atoms with van der Waals surface area (Å²) in [5, 5.41) is 14.6. The molecule has 4 rings (SSSR count). The molecule has 0 unspecified atom stereocenters. The van der Waals surface area contributed by atoms with E-state index in [-0.39, 0.29) is 22.2 Å². The van der Waals surface area contributed by atoms with Crippen molar-refractivity contribution in [1.29, 1.82) is 0 Å². The second kappa shape index (κ2) is 11.0. The zero-order valence-electron chi connectivity index (χ0n) is 20.4. The molecule has 0 saturated carbocycles. The number of halogens is 5. The molecular weight excluding hydrogens is 566 g/mol. The largest absolute Gasteiger partial charge is 0.420 e. The molecule has 0 aromatic carbocycles. The molecule has 2 atom stereocenters. The normalized spacial score (nSPS) is 13.2. The highest BCUT2D eigenvalue weighted by atomic mass is 35.5. The van der Waals surface area contributed by atoms with Gasteiger partial charge in [0.1, 0.15) is 10.9 Å². The van der Waals surface area contributed by atoms with E-state index in [1.165, 1.54) is 30.8 Å². The van der Waals surface area contributed by atoms with Gasteiger partial charge in [0.15, 0.2) is 16.6 Å². The summed E-state index contributed by atoms with van der Waals surface area (Å²) >= 11 is 11.7. The van der Waals surface area contributed by atoms with Gasteiger partial charge in [0, 0.05) is 13.2 Å². The van der Waals surface area contributed by atoms with Gasteiger partial charge in [-0.25, -0.2) is 24.0 Å². The minimum Gasteiger partial charge on any atom is -0.375 e. The number of carbonyl (C=O) groups is 2. The minimum absolute atomic E-state index is 0.120. The molecule has 0 aliphatic carbocycles. The first kappa shape index (κ1) is 28.1. The van der Waals surface area contributed by atoms with Gasteiger partial charge in [0.2, 0.25) is 5.91 Å². The maximum atomic E-state index is 13.9. The molecule has 206 valence electrons. The van der Waals surface area contributed by atoms with Gasteiger partial charge < -0.3 is 20.7 Å². The Morgan fingerprint density at radius 3 is 2.46 bits per heavy atom. The van der Waals surface area contributed by atoms with Crippen LogP contribution in [-0.2, 0) is 15.7 Å². The van der Waals surface area contributed by atoms with Crippen molar-refractivity contribution >= 4 is 57.8 Å². The van der Waals surface area contributed by atoms with Crippen LogP contribution in [0.4, 0.5) is 35.0 Å². The average molecular weight is 586 g/mol. The maximum Gasteiger partial charge on any atom is 0.420 e. The number of urea groups is 1. The molecule has 0 aliphatic rings. The number of amides is 3. The number of carbonyl (C=O) groups excluding carboxylic acids is 2. The smallest absolute Gasteiger partial charge is 0.375 e. The Kier molecular flexibility index (Phi) is 7.94. The Bertz CT molecular complexity index is 1540. The van der Waals surface area contributed by atoms with E-state index in [1.54, 1.807) is 6.92 Å². The fraction of sp³-hybridized carbons (Fsp3) is 0.273. The standard InChI is InChI=1S/C22H20Cl2F3N9O3/c1-10(23)20(37)31-13-7-30-35(9-13)19-14(22(25,26)27)4-12(6-29-19)32-21(38)33-15-8-28-17-5-16(24)34-36(17)18(15)11(2)39-3/h4-11H,1-3H3,(H,31,37)(H2,32,33,38)/t10-,11+/m0/s1. The van der Waals surface area contributed by atoms with Crippen molar-refractivity contribution in [3.8, 4) is 5.82 Å². The predicted octanol–water partition coefficient (Wildman–Crippen LogP) is 4.90. The third-order valence-electron chi connectivity index (χ3n) is 5.34. The number of anilines is 3. The summed E-state index contributed by atoms with van der Waals surface area (Å²) in [6, 6.07) is 1.34. The number of nitrogens with one attached hydrogen (secondary N) is 3. The number of nitrogens with zero attached hydrogens (tertiary/aromatic N) is 6. The van der Waals surface area contributed by atoms with Gasteiger partial charge in [-0.1, -0.05) is 11.6 Å². The van der Waals surface area contributed by atoms with Gasteiger partial charge in [-0.3, -0.25) is 4.79 Å². The Balaban J connectivity index is 1.59. The van der Waals surface area contributed by atoms with Gasteiger partial charge in [-0.15, -0.1) is 11.6 Å². The quantitative estimate of drug-likeness (QED) is 0.262. The van der Waals surface area contributed by atoms with Crippen LogP contribution in [0.1, 0.15) is 31.2 Å². The number of pyridine rings is 1. The zero-order valence-corrected chi connectivity index (χ0v) is 21.9. The lowest BCUT2D eigenvalue weighted by Crippen LogP contribution is -2.23. The topological polar surface area (TPSA) is 140 Å². The zero-order chi connectivity index (χ0) is 28.5. The number of methoxy groups -OCH3 is 1. The highest BCUT2D eigenvalue weighted by Crippen LogP contribution is 2.35. The molecule has 0 radical (unpaired) electrons. The molecule has 0 spiro atoms. The predicted molar refractivity (Wildman–Crippen MR) is 136 cm³/mol. The summed E-state index contributed by atoms with van der Waals surface area (Å²) in [5.74, 6) is -1.13. The van der Waals surface area contributed by atoms with Crippen LogP contribution < -0.4 is 16.0 Å². The number of alkyl halides is 4. The van der Waals surface area contributed by atoms with Gasteiger partial charge in [-0.2, -0.15) is 23.4 Å². The van der Waals surface area contributed by atoms with Crippen molar-refractivity contribution in [3.63, 3.8) is 0 Å². The van der Waals surface area contributed by atoms with Crippen molar-refractivity contribution in [2.45, 2.75) is 31.5 Å². The van der Waals surface area contributed by atoms with Crippen LogP contribution in [0.2, 0.25) is 5.15 Å². The lowest BCUT2D eigenvalue weighted by Gasteiger charge is -2.17. The molecule has 3 N–H and O–H groups in total. The first-order valence-corrected chi connectivity index (χ1v) is 11.9. The van der Waals surface area contributed by atoms with Crippen LogP contribution in [0, 0.1) is 0 Å². The number of hydrogen-bond donors (Lipinski definition) is 3. The SMILES string of the molecule is CO[C@H](C)c1c(NC(=O)Nc2cnc(-n3cc(NC(=O)[C@H](C)Cl)cn3)c(C(F)(F)F)c2)cnc2cc(Cl)nn12. The molecule has 17 heteroatoms. The van der Waals surface area contributed by atoms with Gasteiger partial charge in [0.05, 0.1) is 53.6 Å². The second-order valence-corrected chi connectivity index (χ2v) is 9.16. The highest BCUT2D eigenvalue weighted by molar-refractivity contribution is 6.32. The van der Waals surface area contributed by atoms with Crippen molar-refractivity contribution < 1.29 is 27.5 Å². The van der Waals surface area contributed by atoms with Crippen molar-refractivity contribution in [2.24, 2.45) is 0 Å². The van der Waals surface area contributed by atoms with E-state index < -0.39 is 41.0 Å². The minimum atomic E-state index is -4.86. The molecule has 0 saturated heterocycles. The monoisotopic (exact) mass is 585 g/mol. The molecular formula is C22H20Cl2F3N9O3. The molecule has 0 fully saturated rings. The Hall–Kier alpha value is -3.95. The fourth-order valence-corrected chi connectivity index (χ4v) is 3.70. The van der Waals surface area contributed by atoms with Crippen LogP contribution in [0.15, 0.2) is 36.9 Å². The van der Waals surface area contributed by atoms with E-state index >= 15 is 0 Å². The van der Waals surface area contributed by atoms with Crippen LogP contribution in [0.5, 0.6) is 0 Å². The third kappa shape index (κ3) is 6.21. The molecule has 4 heterocycles. The Morgan fingerprint density at radius 1 is 1.05 bits per heavy atom. The first-order valence-electron chi connectivity index (χ1n) is 11.1. The van der Waals surface area contributed by atoms with E-state index in [0.717, 1.165) is 23.3 Å². The Morgan fingerprint density at radius 2 is 1.79 bits per heavy atom. The number of ether oxygens (including phenoxy) is 1. The Labute approximate surface area is 228 Å². The average Bonchev–Trinajstić information content (AvgIpc) is 3.48. The molecule has 4 aromatic heterocycles. The molecule has 4 aromatic rings. The number of rotatable bonds is 7. The third-order valence-corrected chi connectivity index (χ3v) is 5.72. The van der Waals surface area contributed by atoms with Crippen molar-refractivity contribution in [1.82, 2.24) is 29.4 Å². The van der Waals surface area contributed by atoms with Crippen molar-refractivity contribution in [3.05, 3.63) is 53.3 Å². The number of fused-ring (bicyclic) bond motifs is 1. The first-order chi connectivity index (χ1) is 18.4. The lowest BCUT2D eigenvalue weighted by atomic mass is 10.2. The maximum absolute atomic E-state index is 13.9.